The summed E-state index contributed by atoms with van der Waals surface area (Å²) in [5, 5.41) is 0.0937. The quantitative estimate of drug-likeness (QED) is 0.0633. The Morgan fingerprint density at radius 2 is 1.20 bits per heavy atom. The molecule has 0 aliphatic carbocycles. The zero-order valence-electron chi connectivity index (χ0n) is 23.0. The van der Waals surface area contributed by atoms with Crippen molar-refractivity contribution in [3.05, 3.63) is 77.9 Å². The smallest absolute Gasteiger partial charge is 0.485 e. The number of carbonyl (C=O) groups excluding carboxylic acids is 1. The zero-order chi connectivity index (χ0) is 34.2. The highest BCUT2D eigenvalue weighted by Crippen LogP contribution is 2.53. The van der Waals surface area contributed by atoms with Crippen LogP contribution in [0.15, 0.2) is 66.7 Å². The molecule has 8 nitrogen and oxygen atoms in total. The predicted molar refractivity (Wildman–Crippen MR) is 137 cm³/mol. The number of carbonyl (C=O) groups is 1. The number of aromatic nitrogens is 1. The molecule has 4 aromatic rings. The molecule has 0 atom stereocenters. The van der Waals surface area contributed by atoms with Gasteiger partial charge in [0, 0.05) is 11.6 Å². The van der Waals surface area contributed by atoms with Crippen molar-refractivity contribution in [1.82, 2.24) is 0 Å². The van der Waals surface area contributed by atoms with Crippen molar-refractivity contribution in [3.63, 3.8) is 0 Å². The van der Waals surface area contributed by atoms with E-state index in [9.17, 15) is 44.3 Å². The summed E-state index contributed by atoms with van der Waals surface area (Å²) < 4.78 is 161. The van der Waals surface area contributed by atoms with Crippen molar-refractivity contribution in [2.24, 2.45) is 7.05 Å². The Morgan fingerprint density at radius 3 is 1.67 bits per heavy atom. The van der Waals surface area contributed by atoms with E-state index in [1.807, 2.05) is 0 Å². The Kier molecular flexibility index (Phi) is 9.55. The van der Waals surface area contributed by atoms with E-state index in [2.05, 4.69) is 4.74 Å². The Bertz CT molecular complexity index is 1810. The summed E-state index contributed by atoms with van der Waals surface area (Å²) in [7, 11) is -1.80. The summed E-state index contributed by atoms with van der Waals surface area (Å²) >= 11 is 0. The van der Waals surface area contributed by atoms with E-state index in [0.29, 0.717) is 17.6 Å². The number of halogens is 9. The number of nitrogens with zero attached hydrogens (tertiary/aromatic N) is 1. The van der Waals surface area contributed by atoms with Crippen LogP contribution in [0.25, 0.3) is 21.8 Å². The van der Waals surface area contributed by atoms with Crippen molar-refractivity contribution in [1.29, 1.82) is 0 Å². The molecule has 1 heterocycles. The Balaban J connectivity index is 0.000000610. The second kappa shape index (κ2) is 12.2. The molecule has 0 radical (unpaired) electrons. The zero-order valence-corrected chi connectivity index (χ0v) is 23.8. The highest BCUT2D eigenvalue weighted by molar-refractivity contribution is 7.86. The Hall–Kier alpha value is -4.32. The van der Waals surface area contributed by atoms with Gasteiger partial charge in [0.25, 0.3) is 0 Å². The van der Waals surface area contributed by atoms with Crippen molar-refractivity contribution in [2.75, 3.05) is 14.2 Å². The van der Waals surface area contributed by atoms with E-state index < -0.39 is 50.7 Å². The number of pyridine rings is 1. The minimum atomic E-state index is -6.09. The highest BCUT2D eigenvalue weighted by atomic mass is 32.2. The number of hydrogen-bond acceptors (Lipinski definition) is 7. The Morgan fingerprint density at radius 1 is 0.733 bits per heavy atom. The van der Waals surface area contributed by atoms with Gasteiger partial charge >= 0.3 is 29.4 Å². The van der Waals surface area contributed by atoms with Crippen LogP contribution in [0.4, 0.5) is 39.5 Å². The first-order valence-electron chi connectivity index (χ1n) is 12.0. The lowest BCUT2D eigenvalue weighted by molar-refractivity contribution is -0.617. The summed E-state index contributed by atoms with van der Waals surface area (Å²) in [5.74, 6) is -1.46. The van der Waals surface area contributed by atoms with Crippen LogP contribution >= 0.6 is 0 Å². The average molecular weight is 674 g/mol. The maximum absolute atomic E-state index is 14.3. The number of hydrogen-bond donors (Lipinski definition) is 0. The molecule has 244 valence electrons. The number of esters is 1. The lowest BCUT2D eigenvalue weighted by Crippen LogP contribution is -2.57. The van der Waals surface area contributed by atoms with Gasteiger partial charge in [-0.3, -0.25) is 0 Å². The van der Waals surface area contributed by atoms with Crippen LogP contribution in [0.3, 0.4) is 0 Å². The molecule has 0 fully saturated rings. The molecule has 0 spiro atoms. The first kappa shape index (κ1) is 35.2. The van der Waals surface area contributed by atoms with Crippen LogP contribution in [0, 0.1) is 0 Å². The third-order valence-corrected chi connectivity index (χ3v) is 6.95. The lowest BCUT2D eigenvalue weighted by Gasteiger charge is -2.36. The fourth-order valence-electron chi connectivity index (χ4n) is 4.34. The van der Waals surface area contributed by atoms with Crippen LogP contribution in [-0.4, -0.2) is 51.0 Å². The van der Waals surface area contributed by atoms with Gasteiger partial charge in [0.1, 0.15) is 7.05 Å². The van der Waals surface area contributed by atoms with Gasteiger partial charge in [0.15, 0.2) is 21.6 Å². The van der Waals surface area contributed by atoms with Crippen molar-refractivity contribution in [3.8, 4) is 11.5 Å². The number of methoxy groups -OCH3 is 2. The average Bonchev–Trinajstić information content (AvgIpc) is 2.93. The van der Waals surface area contributed by atoms with E-state index in [1.165, 1.54) is 44.6 Å². The number of alkyl halides is 9. The minimum Gasteiger partial charge on any atom is -0.741 e. The first-order valence-corrected chi connectivity index (χ1v) is 13.4. The van der Waals surface area contributed by atoms with Gasteiger partial charge in [0.05, 0.1) is 36.6 Å². The fraction of sp³-hybridized carbons (Fsp3) is 0.259. The van der Waals surface area contributed by atoms with Crippen LogP contribution in [0.5, 0.6) is 11.5 Å². The molecular formula is C27H20F9NO7S. The summed E-state index contributed by atoms with van der Waals surface area (Å²) in [6, 6.07) is 13.4. The predicted octanol–water partition coefficient (Wildman–Crippen LogP) is 6.06. The van der Waals surface area contributed by atoms with Crippen LogP contribution in [0.2, 0.25) is 0 Å². The van der Waals surface area contributed by atoms with Crippen molar-refractivity contribution < 1.29 is 76.1 Å². The van der Waals surface area contributed by atoms with Gasteiger partial charge in [-0.05, 0) is 12.1 Å². The molecular weight excluding hydrogens is 653 g/mol. The topological polar surface area (TPSA) is 106 Å². The van der Waals surface area contributed by atoms with Crippen LogP contribution < -0.4 is 14.0 Å². The van der Waals surface area contributed by atoms with E-state index in [-0.39, 0.29) is 27.8 Å². The maximum atomic E-state index is 14.3. The Labute approximate surface area is 248 Å². The molecule has 3 aromatic carbocycles. The minimum absolute atomic E-state index is 0.00941. The molecule has 0 saturated carbocycles. The molecule has 0 saturated heterocycles. The number of ether oxygens (including phenoxy) is 3. The SMILES string of the molecule is COc1cc2c(C(=O)OC(c3ccccc3)(C(F)(F)F)C(F)(F)F)c3ccccc3[n+](C)c2cc1OC.O=S(=O)([O-])C(F)(F)F. The van der Waals surface area contributed by atoms with E-state index in [1.54, 1.807) is 23.7 Å². The van der Waals surface area contributed by atoms with Gasteiger partial charge in [-0.2, -0.15) is 44.1 Å². The molecule has 0 bridgehead atoms. The molecule has 0 aliphatic heterocycles. The van der Waals surface area contributed by atoms with Crippen LogP contribution in [0.1, 0.15) is 15.9 Å². The molecule has 45 heavy (non-hydrogen) atoms. The monoisotopic (exact) mass is 673 g/mol. The molecule has 18 heteroatoms. The standard InChI is InChI=1S/C26H20F6NO4.CHF3O3S/c1-33-18-12-8-7-11-16(18)22(17-13-20(35-2)21(36-3)14-19(17)33)23(34)37-24(25(27,28)29,26(30,31)32)15-9-5-4-6-10-15;2-1(3,4)8(5,6)7/h4-14H,1-3H3;(H,5,6,7)/q+1;/p-1. The molecule has 0 unspecified atom stereocenters. The molecule has 4 rings (SSSR count). The molecule has 0 aliphatic rings. The van der Waals surface area contributed by atoms with Crippen LogP contribution in [-0.2, 0) is 27.5 Å². The number of para-hydroxylation sites is 1. The summed E-state index contributed by atoms with van der Waals surface area (Å²) in [6.45, 7) is 0. The third kappa shape index (κ3) is 6.56. The van der Waals surface area contributed by atoms with Crippen molar-refractivity contribution >= 4 is 37.9 Å². The van der Waals surface area contributed by atoms with Gasteiger partial charge < -0.3 is 18.8 Å². The normalized spacial score (nSPS) is 12.8. The molecule has 1 aromatic heterocycles. The second-order valence-electron chi connectivity index (χ2n) is 9.01. The maximum Gasteiger partial charge on any atom is 0.485 e. The third-order valence-electron chi connectivity index (χ3n) is 6.38. The van der Waals surface area contributed by atoms with E-state index in [4.69, 9.17) is 22.4 Å². The number of fused-ring (bicyclic) bond motifs is 2. The van der Waals surface area contributed by atoms with Crippen molar-refractivity contribution in [2.45, 2.75) is 23.5 Å². The highest BCUT2D eigenvalue weighted by Gasteiger charge is 2.75. The largest absolute Gasteiger partial charge is 0.741 e. The summed E-state index contributed by atoms with van der Waals surface area (Å²) in [4.78, 5) is 13.5. The number of aryl methyl sites for hydroxylation is 1. The fourth-order valence-corrected chi connectivity index (χ4v) is 4.34. The van der Waals surface area contributed by atoms with Gasteiger partial charge in [-0.1, -0.05) is 42.5 Å². The van der Waals surface area contributed by atoms with E-state index in [0.717, 1.165) is 12.1 Å². The lowest BCUT2D eigenvalue weighted by atomic mass is 9.91. The van der Waals surface area contributed by atoms with Gasteiger partial charge in [0.2, 0.25) is 11.0 Å². The number of rotatable bonds is 5. The van der Waals surface area contributed by atoms with E-state index >= 15 is 0 Å². The molecule has 0 amide bonds. The molecule has 0 N–H and O–H groups in total. The second-order valence-corrected chi connectivity index (χ2v) is 10.4. The summed E-state index contributed by atoms with van der Waals surface area (Å²) in [5.41, 5.74) is -11.7. The summed E-state index contributed by atoms with van der Waals surface area (Å²) in [6.07, 6.45) is -12.1. The van der Waals surface area contributed by atoms with Gasteiger partial charge in [-0.15, -0.1) is 0 Å². The van der Waals surface area contributed by atoms with Gasteiger partial charge in [-0.25, -0.2) is 13.2 Å². The number of benzene rings is 3. The first-order chi connectivity index (χ1) is 20.6.